The molecule has 2 amide bonds. The number of nitrogens with zero attached hydrogens (tertiary/aromatic N) is 1. The van der Waals surface area contributed by atoms with Crippen molar-refractivity contribution in [2.24, 2.45) is 5.92 Å². The third-order valence-corrected chi connectivity index (χ3v) is 4.63. The van der Waals surface area contributed by atoms with Gasteiger partial charge in [-0.05, 0) is 50.5 Å². The number of hydrogen-bond acceptors (Lipinski definition) is 3. The molecule has 5 heteroatoms. The fourth-order valence-corrected chi connectivity index (χ4v) is 3.16. The molecule has 1 heterocycles. The lowest BCUT2D eigenvalue weighted by molar-refractivity contribution is -0.120. The molecule has 2 unspecified atom stereocenters. The van der Waals surface area contributed by atoms with Crippen LogP contribution in [0.25, 0.3) is 0 Å². The number of hydrogen-bond donors (Lipinski definition) is 2. The van der Waals surface area contributed by atoms with Gasteiger partial charge in [0.25, 0.3) is 5.91 Å². The molecule has 1 aliphatic rings. The molecule has 0 radical (unpaired) electrons. The zero-order valence-corrected chi connectivity index (χ0v) is 14.6. The van der Waals surface area contributed by atoms with Gasteiger partial charge in [-0.25, -0.2) is 0 Å². The Bertz CT molecular complexity index is 754. The van der Waals surface area contributed by atoms with E-state index in [9.17, 15) is 9.59 Å². The Balaban J connectivity index is 1.63. The summed E-state index contributed by atoms with van der Waals surface area (Å²) in [5, 5.41) is 5.93. The minimum absolute atomic E-state index is 0.0384. The van der Waals surface area contributed by atoms with Crippen LogP contribution < -0.4 is 10.6 Å². The number of aromatic nitrogens is 1. The summed E-state index contributed by atoms with van der Waals surface area (Å²) in [6.45, 7) is 3.93. The molecule has 1 aromatic heterocycles. The van der Waals surface area contributed by atoms with Crippen LogP contribution in [0.5, 0.6) is 0 Å². The average molecular weight is 337 g/mol. The average Bonchev–Trinajstić information content (AvgIpc) is 3.05. The van der Waals surface area contributed by atoms with Gasteiger partial charge in [-0.2, -0.15) is 0 Å². The highest BCUT2D eigenvalue weighted by Gasteiger charge is 2.34. The van der Waals surface area contributed by atoms with Gasteiger partial charge < -0.3 is 10.6 Å². The van der Waals surface area contributed by atoms with Crippen LogP contribution in [0, 0.1) is 19.8 Å². The van der Waals surface area contributed by atoms with Crippen LogP contribution in [0.2, 0.25) is 0 Å². The van der Waals surface area contributed by atoms with Crippen molar-refractivity contribution < 1.29 is 9.59 Å². The molecule has 1 fully saturated rings. The third kappa shape index (κ3) is 4.24. The van der Waals surface area contributed by atoms with Crippen molar-refractivity contribution in [2.75, 3.05) is 5.32 Å². The molecule has 5 nitrogen and oxygen atoms in total. The van der Waals surface area contributed by atoms with E-state index in [0.29, 0.717) is 5.69 Å². The van der Waals surface area contributed by atoms with Gasteiger partial charge >= 0.3 is 0 Å². The zero-order valence-electron chi connectivity index (χ0n) is 14.6. The number of pyridine rings is 1. The van der Waals surface area contributed by atoms with E-state index in [-0.39, 0.29) is 23.8 Å². The largest absolute Gasteiger partial charge is 0.347 e. The summed E-state index contributed by atoms with van der Waals surface area (Å²) in [7, 11) is 0. The molecule has 2 N–H and O–H groups in total. The SMILES string of the molecule is Cc1ccc(NC(=O)C2CCCC2NC(=O)c2ccc(C)cn2)cc1. The highest BCUT2D eigenvalue weighted by atomic mass is 16.2. The summed E-state index contributed by atoms with van der Waals surface area (Å²) < 4.78 is 0. The Hall–Kier alpha value is -2.69. The lowest BCUT2D eigenvalue weighted by Crippen LogP contribution is -2.42. The quantitative estimate of drug-likeness (QED) is 0.900. The maximum absolute atomic E-state index is 12.6. The summed E-state index contributed by atoms with van der Waals surface area (Å²) in [5.41, 5.74) is 3.32. The summed E-state index contributed by atoms with van der Waals surface area (Å²) in [6.07, 6.45) is 4.19. The first-order chi connectivity index (χ1) is 12.0. The first-order valence-corrected chi connectivity index (χ1v) is 8.64. The topological polar surface area (TPSA) is 71.1 Å². The van der Waals surface area contributed by atoms with Crippen LogP contribution in [0.3, 0.4) is 0 Å². The smallest absolute Gasteiger partial charge is 0.270 e. The van der Waals surface area contributed by atoms with E-state index in [1.54, 1.807) is 12.3 Å². The van der Waals surface area contributed by atoms with Crippen LogP contribution >= 0.6 is 0 Å². The Morgan fingerprint density at radius 1 is 1.00 bits per heavy atom. The second-order valence-corrected chi connectivity index (χ2v) is 6.69. The predicted molar refractivity (Wildman–Crippen MR) is 97.4 cm³/mol. The van der Waals surface area contributed by atoms with Crippen molar-refractivity contribution in [1.82, 2.24) is 10.3 Å². The van der Waals surface area contributed by atoms with Gasteiger partial charge in [0.1, 0.15) is 5.69 Å². The molecule has 0 saturated heterocycles. The van der Waals surface area contributed by atoms with Crippen LogP contribution in [-0.2, 0) is 4.79 Å². The molecule has 0 aliphatic heterocycles. The van der Waals surface area contributed by atoms with E-state index >= 15 is 0 Å². The molecule has 25 heavy (non-hydrogen) atoms. The number of amides is 2. The second-order valence-electron chi connectivity index (χ2n) is 6.69. The predicted octanol–water partition coefficient (Wildman–Crippen LogP) is 3.24. The zero-order chi connectivity index (χ0) is 17.8. The number of aryl methyl sites for hydroxylation is 2. The molecule has 2 aromatic rings. The van der Waals surface area contributed by atoms with E-state index in [0.717, 1.165) is 36.1 Å². The van der Waals surface area contributed by atoms with Crippen molar-refractivity contribution in [3.05, 3.63) is 59.4 Å². The third-order valence-electron chi connectivity index (χ3n) is 4.63. The highest BCUT2D eigenvalue weighted by Crippen LogP contribution is 2.27. The molecule has 1 saturated carbocycles. The Kier molecular flexibility index (Phi) is 5.12. The van der Waals surface area contributed by atoms with Gasteiger partial charge in [0.15, 0.2) is 0 Å². The molecule has 0 bridgehead atoms. The molecule has 130 valence electrons. The fraction of sp³-hybridized carbons (Fsp3) is 0.350. The van der Waals surface area contributed by atoms with Crippen LogP contribution in [0.1, 0.15) is 40.9 Å². The molecule has 1 aromatic carbocycles. The van der Waals surface area contributed by atoms with Crippen molar-refractivity contribution in [1.29, 1.82) is 0 Å². The molecular weight excluding hydrogens is 314 g/mol. The molecule has 0 spiro atoms. The molecular formula is C20H23N3O2. The first-order valence-electron chi connectivity index (χ1n) is 8.64. The maximum atomic E-state index is 12.6. The summed E-state index contributed by atoms with van der Waals surface area (Å²) >= 11 is 0. The van der Waals surface area contributed by atoms with Gasteiger partial charge in [-0.1, -0.05) is 30.2 Å². The number of carbonyl (C=O) groups is 2. The van der Waals surface area contributed by atoms with Crippen LogP contribution in [0.15, 0.2) is 42.6 Å². The second kappa shape index (κ2) is 7.47. The van der Waals surface area contributed by atoms with Crippen molar-refractivity contribution in [2.45, 2.75) is 39.2 Å². The van der Waals surface area contributed by atoms with E-state index in [2.05, 4.69) is 15.6 Å². The minimum atomic E-state index is -0.222. The Labute approximate surface area is 147 Å². The van der Waals surface area contributed by atoms with Gasteiger partial charge in [0.2, 0.25) is 5.91 Å². The van der Waals surface area contributed by atoms with Gasteiger partial charge in [0.05, 0.1) is 5.92 Å². The molecule has 2 atom stereocenters. The fourth-order valence-electron chi connectivity index (χ4n) is 3.16. The number of rotatable bonds is 4. The minimum Gasteiger partial charge on any atom is -0.347 e. The number of benzene rings is 1. The lowest BCUT2D eigenvalue weighted by Gasteiger charge is -2.20. The van der Waals surface area contributed by atoms with Gasteiger partial charge in [-0.3, -0.25) is 14.6 Å². The highest BCUT2D eigenvalue weighted by molar-refractivity contribution is 5.95. The lowest BCUT2D eigenvalue weighted by atomic mass is 10.0. The van der Waals surface area contributed by atoms with Crippen LogP contribution in [-0.4, -0.2) is 22.8 Å². The van der Waals surface area contributed by atoms with E-state index in [4.69, 9.17) is 0 Å². The number of carbonyl (C=O) groups excluding carboxylic acids is 2. The Morgan fingerprint density at radius 2 is 1.72 bits per heavy atom. The monoisotopic (exact) mass is 337 g/mol. The summed E-state index contributed by atoms with van der Waals surface area (Å²) in [4.78, 5) is 29.1. The van der Waals surface area contributed by atoms with Crippen molar-refractivity contribution in [3.8, 4) is 0 Å². The summed E-state index contributed by atoms with van der Waals surface area (Å²) in [5.74, 6) is -0.473. The maximum Gasteiger partial charge on any atom is 0.270 e. The van der Waals surface area contributed by atoms with Crippen molar-refractivity contribution >= 4 is 17.5 Å². The standard InChI is InChI=1S/C20H23N3O2/c1-13-6-9-15(10-7-13)22-19(24)16-4-3-5-17(16)23-20(25)18-11-8-14(2)12-21-18/h6-12,16-17H,3-5H2,1-2H3,(H,22,24)(H,23,25). The normalized spacial score (nSPS) is 19.4. The van der Waals surface area contributed by atoms with E-state index < -0.39 is 0 Å². The van der Waals surface area contributed by atoms with Gasteiger partial charge in [0, 0.05) is 17.9 Å². The van der Waals surface area contributed by atoms with E-state index in [1.807, 2.05) is 44.2 Å². The van der Waals surface area contributed by atoms with Crippen molar-refractivity contribution in [3.63, 3.8) is 0 Å². The summed E-state index contributed by atoms with van der Waals surface area (Å²) in [6, 6.07) is 11.1. The Morgan fingerprint density at radius 3 is 2.40 bits per heavy atom. The van der Waals surface area contributed by atoms with Crippen LogP contribution in [0.4, 0.5) is 5.69 Å². The number of anilines is 1. The first kappa shape index (κ1) is 17.1. The molecule has 1 aliphatic carbocycles. The molecule has 3 rings (SSSR count). The number of nitrogens with one attached hydrogen (secondary N) is 2. The van der Waals surface area contributed by atoms with E-state index in [1.165, 1.54) is 0 Å². The van der Waals surface area contributed by atoms with Gasteiger partial charge in [-0.15, -0.1) is 0 Å².